The van der Waals surface area contributed by atoms with Gasteiger partial charge in [-0.1, -0.05) is 0 Å². The molecule has 0 unspecified atom stereocenters. The van der Waals surface area contributed by atoms with Crippen LogP contribution in [0.1, 0.15) is 2.85 Å². The number of H-pyrrole nitrogens is 1. The molecule has 0 fully saturated rings. The average Bonchev–Trinajstić information content (AvgIpc) is 1.76. The molecule has 0 aliphatic heterocycles. The van der Waals surface area contributed by atoms with Crippen molar-refractivity contribution >= 4 is 48.9 Å². The SMILES string of the molecule is [Ba+2].[H-].[H-].c1c[nH]cn1. The second-order valence-electron chi connectivity index (χ2n) is 0.761. The molecule has 0 aliphatic carbocycles. The van der Waals surface area contributed by atoms with E-state index in [2.05, 4.69) is 9.97 Å². The second-order valence-corrected chi connectivity index (χ2v) is 0.761. The molecular weight excluding hydrogens is 201 g/mol. The van der Waals surface area contributed by atoms with E-state index < -0.39 is 0 Å². The van der Waals surface area contributed by atoms with Gasteiger partial charge in [0.05, 0.1) is 6.33 Å². The van der Waals surface area contributed by atoms with Crippen molar-refractivity contribution in [3.63, 3.8) is 0 Å². The van der Waals surface area contributed by atoms with Crippen LogP contribution in [0.25, 0.3) is 0 Å². The fraction of sp³-hybridized carbons (Fsp3) is 0. The van der Waals surface area contributed by atoms with Gasteiger partial charge < -0.3 is 7.84 Å². The van der Waals surface area contributed by atoms with Crippen molar-refractivity contribution in [3.8, 4) is 0 Å². The van der Waals surface area contributed by atoms with Crippen LogP contribution in [0.5, 0.6) is 0 Å². The van der Waals surface area contributed by atoms with E-state index in [1.807, 2.05) is 0 Å². The first kappa shape index (κ1) is 6.78. The van der Waals surface area contributed by atoms with Crippen LogP contribution >= 0.6 is 0 Å². The topological polar surface area (TPSA) is 28.7 Å². The van der Waals surface area contributed by atoms with Crippen LogP contribution in [0.3, 0.4) is 0 Å². The summed E-state index contributed by atoms with van der Waals surface area (Å²) in [5.74, 6) is 0. The molecule has 3 heteroatoms. The zero-order valence-electron chi connectivity index (χ0n) is 5.39. The van der Waals surface area contributed by atoms with Crippen molar-refractivity contribution in [2.24, 2.45) is 0 Å². The molecule has 0 spiro atoms. The zero-order chi connectivity index (χ0) is 3.54. The molecule has 1 rings (SSSR count). The number of hydrogen-bond donors (Lipinski definition) is 1. The van der Waals surface area contributed by atoms with Gasteiger partial charge in [0.2, 0.25) is 0 Å². The quantitative estimate of drug-likeness (QED) is 0.607. The van der Waals surface area contributed by atoms with E-state index >= 15 is 0 Å². The first-order valence-corrected chi connectivity index (χ1v) is 1.43. The van der Waals surface area contributed by atoms with E-state index in [9.17, 15) is 0 Å². The predicted molar refractivity (Wildman–Crippen MR) is 26.6 cm³/mol. The van der Waals surface area contributed by atoms with Crippen LogP contribution in [0, 0.1) is 0 Å². The van der Waals surface area contributed by atoms with Gasteiger partial charge in [-0.3, -0.25) is 0 Å². The minimum atomic E-state index is 0. The van der Waals surface area contributed by atoms with E-state index in [1.165, 1.54) is 0 Å². The molecule has 6 heavy (non-hydrogen) atoms. The third-order valence-electron chi connectivity index (χ3n) is 0.406. The van der Waals surface area contributed by atoms with Gasteiger partial charge in [-0.2, -0.15) is 0 Å². The Kier molecular flexibility index (Phi) is 4.47. The number of aromatic amines is 1. The normalized spacial score (nSPS) is 6.67. The summed E-state index contributed by atoms with van der Waals surface area (Å²) in [6.07, 6.45) is 5.08. The fourth-order valence-electron chi connectivity index (χ4n) is 0.215. The van der Waals surface area contributed by atoms with Gasteiger partial charge in [0.25, 0.3) is 0 Å². The Balaban J connectivity index is -0.0000000833. The minimum Gasteiger partial charge on any atom is -1.00 e. The van der Waals surface area contributed by atoms with E-state index in [4.69, 9.17) is 0 Å². The summed E-state index contributed by atoms with van der Waals surface area (Å²) in [5.41, 5.74) is 0. The van der Waals surface area contributed by atoms with Crippen molar-refractivity contribution < 1.29 is 2.85 Å². The van der Waals surface area contributed by atoms with Gasteiger partial charge in [0, 0.05) is 12.4 Å². The fourth-order valence-corrected chi connectivity index (χ4v) is 0.215. The van der Waals surface area contributed by atoms with Crippen LogP contribution < -0.4 is 0 Å². The van der Waals surface area contributed by atoms with Gasteiger partial charge >= 0.3 is 48.9 Å². The summed E-state index contributed by atoms with van der Waals surface area (Å²) in [6.45, 7) is 0. The van der Waals surface area contributed by atoms with E-state index in [1.54, 1.807) is 18.7 Å². The van der Waals surface area contributed by atoms with Gasteiger partial charge in [0.15, 0.2) is 0 Å². The maximum atomic E-state index is 3.67. The minimum absolute atomic E-state index is 0. The molecule has 0 aliphatic rings. The van der Waals surface area contributed by atoms with E-state index in [0.29, 0.717) is 0 Å². The summed E-state index contributed by atoms with van der Waals surface area (Å²) in [4.78, 5) is 6.42. The molecule has 0 radical (unpaired) electrons. The third kappa shape index (κ3) is 2.05. The first-order valence-electron chi connectivity index (χ1n) is 1.43. The smallest absolute Gasteiger partial charge is 1.00 e. The van der Waals surface area contributed by atoms with Crippen molar-refractivity contribution in [1.29, 1.82) is 0 Å². The first-order chi connectivity index (χ1) is 2.50. The zero-order valence-corrected chi connectivity index (χ0v) is 7.83. The third-order valence-corrected chi connectivity index (χ3v) is 0.406. The van der Waals surface area contributed by atoms with E-state index in [0.717, 1.165) is 0 Å². The summed E-state index contributed by atoms with van der Waals surface area (Å²) in [5, 5.41) is 0. The van der Waals surface area contributed by atoms with Crippen molar-refractivity contribution in [2.45, 2.75) is 0 Å². The number of imidazole rings is 1. The Labute approximate surface area is 79.4 Å². The van der Waals surface area contributed by atoms with Crippen molar-refractivity contribution in [1.82, 2.24) is 9.97 Å². The Morgan fingerprint density at radius 3 is 2.67 bits per heavy atom. The van der Waals surface area contributed by atoms with Gasteiger partial charge in [-0.15, -0.1) is 0 Å². The summed E-state index contributed by atoms with van der Waals surface area (Å²) < 4.78 is 0. The molecule has 1 heterocycles. The molecule has 1 N–H and O–H groups in total. The Bertz CT molecular complexity index is 71.8. The Morgan fingerprint density at radius 1 is 1.67 bits per heavy atom. The summed E-state index contributed by atoms with van der Waals surface area (Å²) in [6, 6.07) is 0. The Morgan fingerprint density at radius 2 is 2.50 bits per heavy atom. The van der Waals surface area contributed by atoms with Crippen LogP contribution in [0.15, 0.2) is 18.7 Å². The molecule has 0 bridgehead atoms. The largest absolute Gasteiger partial charge is 2.00 e. The van der Waals surface area contributed by atoms with Crippen LogP contribution in [-0.4, -0.2) is 58.8 Å². The predicted octanol–water partition coefficient (Wildman–Crippen LogP) is 0.254. The molecule has 0 amide bonds. The number of nitrogens with zero attached hydrogens (tertiary/aromatic N) is 1. The summed E-state index contributed by atoms with van der Waals surface area (Å²) in [7, 11) is 0. The molecule has 0 saturated heterocycles. The van der Waals surface area contributed by atoms with Gasteiger partial charge in [-0.05, 0) is 0 Å². The van der Waals surface area contributed by atoms with Crippen molar-refractivity contribution in [2.75, 3.05) is 0 Å². The monoisotopic (exact) mass is 208 g/mol. The molecule has 0 aromatic carbocycles. The van der Waals surface area contributed by atoms with Crippen molar-refractivity contribution in [3.05, 3.63) is 18.7 Å². The average molecular weight is 207 g/mol. The number of nitrogens with one attached hydrogen (secondary N) is 1. The van der Waals surface area contributed by atoms with Gasteiger partial charge in [0.1, 0.15) is 0 Å². The molecular formula is C3H6BaN2. The number of hydrogen-bond acceptors (Lipinski definition) is 1. The van der Waals surface area contributed by atoms with Gasteiger partial charge in [-0.25, -0.2) is 4.98 Å². The molecule has 1 aromatic rings. The number of aromatic nitrogens is 2. The van der Waals surface area contributed by atoms with Crippen LogP contribution in [-0.2, 0) is 0 Å². The molecule has 2 nitrogen and oxygen atoms in total. The second kappa shape index (κ2) is 3.95. The number of rotatable bonds is 0. The maximum absolute atomic E-state index is 3.67. The van der Waals surface area contributed by atoms with Crippen LogP contribution in [0.2, 0.25) is 0 Å². The van der Waals surface area contributed by atoms with E-state index in [-0.39, 0.29) is 51.7 Å². The standard InChI is InChI=1S/C3H4N2.Ba.2H/c1-2-5-3-4-1;;;/h1-3H,(H,4,5);;;/q;+2;2*-1. The van der Waals surface area contributed by atoms with Crippen LogP contribution in [0.4, 0.5) is 0 Å². The molecule has 30 valence electrons. The summed E-state index contributed by atoms with van der Waals surface area (Å²) >= 11 is 0. The molecule has 1 aromatic heterocycles. The molecule has 0 atom stereocenters. The maximum Gasteiger partial charge on any atom is 2.00 e. The Hall–Kier alpha value is 0.781. The molecule has 0 saturated carbocycles.